The molecular weight excluding hydrogens is 420 g/mol. The van der Waals surface area contributed by atoms with Crippen molar-refractivity contribution in [2.75, 3.05) is 13.7 Å². The largest absolute Gasteiger partial charge is 0.494 e. The molecule has 2 rings (SSSR count). The number of benzene rings is 2. The summed E-state index contributed by atoms with van der Waals surface area (Å²) < 4.78 is 6.64. The zero-order valence-corrected chi connectivity index (χ0v) is 18.2. The summed E-state index contributed by atoms with van der Waals surface area (Å²) in [6.45, 7) is 4.60. The molecule has 0 saturated carbocycles. The van der Waals surface area contributed by atoms with Gasteiger partial charge in [-0.15, -0.1) is 0 Å². The Labute approximate surface area is 175 Å². The summed E-state index contributed by atoms with van der Waals surface area (Å²) in [6.07, 6.45) is 0.906. The standard InChI is InChI=1S/C22H27BrN2O3/c1-16-9-11-20(12-10-16)28-13-5-8-21(26)25(17(2)22(27)24-3)15-18-6-4-7-19(23)14-18/h4,6-7,9-12,14,17H,5,8,13,15H2,1-3H3,(H,24,27)/t17-/m0/s1. The number of amides is 2. The van der Waals surface area contributed by atoms with Crippen LogP contribution in [0.4, 0.5) is 0 Å². The molecule has 0 saturated heterocycles. The summed E-state index contributed by atoms with van der Waals surface area (Å²) >= 11 is 3.45. The van der Waals surface area contributed by atoms with E-state index >= 15 is 0 Å². The minimum absolute atomic E-state index is 0.0661. The molecule has 0 aliphatic carbocycles. The summed E-state index contributed by atoms with van der Waals surface area (Å²) in [5.41, 5.74) is 2.14. The normalized spacial score (nSPS) is 11.6. The van der Waals surface area contributed by atoms with Crippen LogP contribution >= 0.6 is 15.9 Å². The van der Waals surface area contributed by atoms with Crippen molar-refractivity contribution in [1.29, 1.82) is 0 Å². The van der Waals surface area contributed by atoms with E-state index in [4.69, 9.17) is 4.74 Å². The summed E-state index contributed by atoms with van der Waals surface area (Å²) in [5.74, 6) is 0.547. The van der Waals surface area contributed by atoms with Crippen molar-refractivity contribution in [3.8, 4) is 5.75 Å². The van der Waals surface area contributed by atoms with E-state index in [1.54, 1.807) is 18.9 Å². The number of carbonyl (C=O) groups excluding carboxylic acids is 2. The van der Waals surface area contributed by atoms with Crippen LogP contribution in [0.5, 0.6) is 5.75 Å². The maximum Gasteiger partial charge on any atom is 0.242 e. The van der Waals surface area contributed by atoms with Crippen molar-refractivity contribution in [3.63, 3.8) is 0 Å². The maximum atomic E-state index is 12.8. The third-order valence-corrected chi connectivity index (χ3v) is 4.97. The second kappa shape index (κ2) is 10.9. The Balaban J connectivity index is 1.95. The number of likely N-dealkylation sites (N-methyl/N-ethyl adjacent to an activating group) is 1. The van der Waals surface area contributed by atoms with Crippen LogP contribution in [0.1, 0.15) is 30.9 Å². The van der Waals surface area contributed by atoms with Gasteiger partial charge in [0.15, 0.2) is 0 Å². The molecule has 2 aromatic carbocycles. The summed E-state index contributed by atoms with van der Waals surface area (Å²) in [6, 6.07) is 15.0. The Morgan fingerprint density at radius 2 is 1.89 bits per heavy atom. The number of nitrogens with one attached hydrogen (secondary N) is 1. The summed E-state index contributed by atoms with van der Waals surface area (Å²) in [4.78, 5) is 26.6. The van der Waals surface area contributed by atoms with Crippen LogP contribution in [-0.4, -0.2) is 36.4 Å². The predicted octanol–water partition coefficient (Wildman–Crippen LogP) is 4.08. The van der Waals surface area contributed by atoms with E-state index in [0.717, 1.165) is 15.8 Å². The lowest BCUT2D eigenvalue weighted by molar-refractivity contribution is -0.140. The van der Waals surface area contributed by atoms with Gasteiger partial charge in [-0.25, -0.2) is 0 Å². The Hall–Kier alpha value is -2.34. The minimum Gasteiger partial charge on any atom is -0.494 e. The van der Waals surface area contributed by atoms with E-state index in [9.17, 15) is 9.59 Å². The molecule has 0 aliphatic rings. The second-order valence-corrected chi connectivity index (χ2v) is 7.62. The second-order valence-electron chi connectivity index (χ2n) is 6.71. The third-order valence-electron chi connectivity index (χ3n) is 4.48. The lowest BCUT2D eigenvalue weighted by Crippen LogP contribution is -2.46. The van der Waals surface area contributed by atoms with Crippen LogP contribution in [0.3, 0.4) is 0 Å². The molecule has 1 N–H and O–H groups in total. The Morgan fingerprint density at radius 1 is 1.18 bits per heavy atom. The van der Waals surface area contributed by atoms with E-state index in [1.807, 2.05) is 55.5 Å². The number of carbonyl (C=O) groups is 2. The summed E-state index contributed by atoms with van der Waals surface area (Å²) in [5, 5.41) is 2.62. The highest BCUT2D eigenvalue weighted by Gasteiger charge is 2.25. The number of halogens is 1. The maximum absolute atomic E-state index is 12.8. The van der Waals surface area contributed by atoms with Gasteiger partial charge in [0.25, 0.3) is 0 Å². The zero-order valence-electron chi connectivity index (χ0n) is 16.6. The number of ether oxygens (including phenoxy) is 1. The first-order valence-electron chi connectivity index (χ1n) is 9.35. The topological polar surface area (TPSA) is 58.6 Å². The van der Waals surface area contributed by atoms with Gasteiger partial charge >= 0.3 is 0 Å². The molecule has 0 aromatic heterocycles. The molecule has 0 fully saturated rings. The van der Waals surface area contributed by atoms with Gasteiger partial charge in [0, 0.05) is 24.5 Å². The van der Waals surface area contributed by atoms with Crippen LogP contribution in [0.2, 0.25) is 0 Å². The van der Waals surface area contributed by atoms with E-state index in [0.29, 0.717) is 26.0 Å². The predicted molar refractivity (Wildman–Crippen MR) is 114 cm³/mol. The molecule has 5 nitrogen and oxygen atoms in total. The van der Waals surface area contributed by atoms with Gasteiger partial charge in [-0.1, -0.05) is 45.8 Å². The number of nitrogens with zero attached hydrogens (tertiary/aromatic N) is 1. The molecule has 0 unspecified atom stereocenters. The molecule has 0 bridgehead atoms. The zero-order chi connectivity index (χ0) is 20.5. The minimum atomic E-state index is -0.547. The molecule has 0 heterocycles. The fourth-order valence-corrected chi connectivity index (χ4v) is 3.26. The number of rotatable bonds is 9. The van der Waals surface area contributed by atoms with E-state index in [2.05, 4.69) is 21.2 Å². The van der Waals surface area contributed by atoms with Crippen molar-refractivity contribution in [2.24, 2.45) is 0 Å². The fourth-order valence-electron chi connectivity index (χ4n) is 2.82. The van der Waals surface area contributed by atoms with Gasteiger partial charge in [-0.05, 0) is 50.1 Å². The number of hydrogen-bond donors (Lipinski definition) is 1. The van der Waals surface area contributed by atoms with Crippen molar-refractivity contribution < 1.29 is 14.3 Å². The van der Waals surface area contributed by atoms with E-state index in [1.165, 1.54) is 5.56 Å². The molecular formula is C22H27BrN2O3. The van der Waals surface area contributed by atoms with Gasteiger partial charge in [0.1, 0.15) is 11.8 Å². The molecule has 0 spiro atoms. The smallest absolute Gasteiger partial charge is 0.242 e. The number of aryl methyl sites for hydroxylation is 1. The van der Waals surface area contributed by atoms with Gasteiger partial charge in [0.05, 0.1) is 6.61 Å². The van der Waals surface area contributed by atoms with Gasteiger partial charge in [-0.2, -0.15) is 0 Å². The van der Waals surface area contributed by atoms with Crippen molar-refractivity contribution in [2.45, 2.75) is 39.3 Å². The molecule has 0 aliphatic heterocycles. The highest BCUT2D eigenvalue weighted by Crippen LogP contribution is 2.17. The monoisotopic (exact) mass is 446 g/mol. The van der Waals surface area contributed by atoms with Gasteiger partial charge in [-0.3, -0.25) is 9.59 Å². The Morgan fingerprint density at radius 3 is 2.54 bits per heavy atom. The Kier molecular flexibility index (Phi) is 8.51. The molecule has 0 radical (unpaired) electrons. The van der Waals surface area contributed by atoms with Crippen LogP contribution in [0.15, 0.2) is 53.0 Å². The average molecular weight is 447 g/mol. The first kappa shape index (κ1) is 22.0. The van der Waals surface area contributed by atoms with Crippen molar-refractivity contribution >= 4 is 27.7 Å². The van der Waals surface area contributed by atoms with Crippen LogP contribution < -0.4 is 10.1 Å². The highest BCUT2D eigenvalue weighted by molar-refractivity contribution is 9.10. The van der Waals surface area contributed by atoms with Gasteiger partial charge < -0.3 is 15.0 Å². The molecule has 1 atom stereocenters. The first-order chi connectivity index (χ1) is 13.4. The summed E-state index contributed by atoms with van der Waals surface area (Å²) in [7, 11) is 1.58. The molecule has 150 valence electrons. The molecule has 2 aromatic rings. The fraction of sp³-hybridized carbons (Fsp3) is 0.364. The SMILES string of the molecule is CNC(=O)[C@H](C)N(Cc1cccc(Br)c1)C(=O)CCCOc1ccc(C)cc1. The van der Waals surface area contributed by atoms with Crippen LogP contribution in [0.25, 0.3) is 0 Å². The lowest BCUT2D eigenvalue weighted by atomic mass is 10.1. The van der Waals surface area contributed by atoms with Gasteiger partial charge in [0.2, 0.25) is 11.8 Å². The van der Waals surface area contributed by atoms with Crippen molar-refractivity contribution in [1.82, 2.24) is 10.2 Å². The Bertz CT molecular complexity index is 793. The molecule has 28 heavy (non-hydrogen) atoms. The highest BCUT2D eigenvalue weighted by atomic mass is 79.9. The average Bonchev–Trinajstić information content (AvgIpc) is 2.69. The lowest BCUT2D eigenvalue weighted by Gasteiger charge is -2.28. The molecule has 6 heteroatoms. The van der Waals surface area contributed by atoms with Crippen LogP contribution in [0, 0.1) is 6.92 Å². The number of hydrogen-bond acceptors (Lipinski definition) is 3. The van der Waals surface area contributed by atoms with Crippen LogP contribution in [-0.2, 0) is 16.1 Å². The third kappa shape index (κ3) is 6.68. The van der Waals surface area contributed by atoms with Crippen molar-refractivity contribution in [3.05, 3.63) is 64.1 Å². The first-order valence-corrected chi connectivity index (χ1v) is 10.1. The van der Waals surface area contributed by atoms with E-state index in [-0.39, 0.29) is 11.8 Å². The van der Waals surface area contributed by atoms with E-state index < -0.39 is 6.04 Å². The molecule has 2 amide bonds. The quantitative estimate of drug-likeness (QED) is 0.590.